The molecule has 132 valence electrons. The van der Waals surface area contributed by atoms with Gasteiger partial charge in [-0.15, -0.1) is 0 Å². The molecule has 0 radical (unpaired) electrons. The Kier molecular flexibility index (Phi) is 5.95. The minimum atomic E-state index is -3.13. The average Bonchev–Trinajstić information content (AvgIpc) is 2.91. The Balaban J connectivity index is 1.83. The van der Waals surface area contributed by atoms with E-state index in [1.807, 2.05) is 13.8 Å². The molecule has 0 saturated carbocycles. The van der Waals surface area contributed by atoms with Crippen LogP contribution < -0.4 is 10.9 Å². The van der Waals surface area contributed by atoms with Crippen molar-refractivity contribution >= 4 is 21.7 Å². The van der Waals surface area contributed by atoms with Crippen molar-refractivity contribution in [3.8, 4) is 0 Å². The summed E-state index contributed by atoms with van der Waals surface area (Å²) >= 11 is 0. The molecule has 0 unspecified atom stereocenters. The number of hydrogen-bond donors (Lipinski definition) is 2. The molecule has 2 amide bonds. The number of nitrogens with one attached hydrogen (secondary N) is 2. The molecule has 2 N–H and O–H groups in total. The number of carbonyl (C=O) groups excluding carboxylic acids is 2. The smallest absolute Gasteiger partial charge is 0.269 e. The zero-order valence-corrected chi connectivity index (χ0v) is 14.6. The Morgan fingerprint density at radius 1 is 1.21 bits per heavy atom. The van der Waals surface area contributed by atoms with Gasteiger partial charge in [0, 0.05) is 5.56 Å². The highest BCUT2D eigenvalue weighted by Crippen LogP contribution is 2.18. The van der Waals surface area contributed by atoms with Crippen LogP contribution in [-0.2, 0) is 26.0 Å². The van der Waals surface area contributed by atoms with Gasteiger partial charge in [0.1, 0.15) is 0 Å². The standard InChI is InChI=1S/C16H22N2O5S/c1-11(2)23-9-12-3-5-13(6-4-12)15(19)17-18-16(20)14-7-8-24(21,22)10-14/h3-6,11,14H,7-10H2,1-2H3,(H,17,19)(H,18,20)/t14-/m0/s1. The number of sulfone groups is 1. The first-order chi connectivity index (χ1) is 11.3. The summed E-state index contributed by atoms with van der Waals surface area (Å²) in [5, 5.41) is 0. The predicted octanol–water partition coefficient (Wildman–Crippen LogP) is 0.807. The fourth-order valence-electron chi connectivity index (χ4n) is 2.31. The van der Waals surface area contributed by atoms with E-state index in [0.717, 1.165) is 5.56 Å². The summed E-state index contributed by atoms with van der Waals surface area (Å²) in [6.07, 6.45) is 0.414. The lowest BCUT2D eigenvalue weighted by atomic mass is 10.1. The van der Waals surface area contributed by atoms with E-state index in [9.17, 15) is 18.0 Å². The summed E-state index contributed by atoms with van der Waals surface area (Å²) in [4.78, 5) is 23.9. The highest BCUT2D eigenvalue weighted by atomic mass is 32.2. The molecule has 0 aliphatic carbocycles. The summed E-state index contributed by atoms with van der Waals surface area (Å²) in [5.74, 6) is -1.70. The summed E-state index contributed by atoms with van der Waals surface area (Å²) in [6, 6.07) is 6.84. The number of amides is 2. The molecule has 1 aromatic carbocycles. The van der Waals surface area contributed by atoms with Gasteiger partial charge in [0.25, 0.3) is 5.91 Å². The lowest BCUT2D eigenvalue weighted by Crippen LogP contribution is -2.44. The fourth-order valence-corrected chi connectivity index (χ4v) is 4.05. The molecular weight excluding hydrogens is 332 g/mol. The van der Waals surface area contributed by atoms with Crippen molar-refractivity contribution in [2.45, 2.75) is 33.0 Å². The Bertz CT molecular complexity index is 698. The van der Waals surface area contributed by atoms with Crippen molar-refractivity contribution in [1.29, 1.82) is 0 Å². The van der Waals surface area contributed by atoms with Gasteiger partial charge in [-0.2, -0.15) is 0 Å². The van der Waals surface area contributed by atoms with Crippen molar-refractivity contribution in [2.75, 3.05) is 11.5 Å². The van der Waals surface area contributed by atoms with Gasteiger partial charge in [-0.1, -0.05) is 12.1 Å². The van der Waals surface area contributed by atoms with Crippen LogP contribution in [0.5, 0.6) is 0 Å². The lowest BCUT2D eigenvalue weighted by molar-refractivity contribution is -0.125. The van der Waals surface area contributed by atoms with Crippen LogP contribution in [0.15, 0.2) is 24.3 Å². The molecule has 1 aromatic rings. The van der Waals surface area contributed by atoms with Crippen molar-refractivity contribution in [1.82, 2.24) is 10.9 Å². The van der Waals surface area contributed by atoms with Crippen LogP contribution in [0.4, 0.5) is 0 Å². The molecule has 7 nitrogen and oxygen atoms in total. The largest absolute Gasteiger partial charge is 0.374 e. The minimum absolute atomic E-state index is 0.0128. The third kappa shape index (κ3) is 5.31. The summed E-state index contributed by atoms with van der Waals surface area (Å²) in [7, 11) is -3.13. The van der Waals surface area contributed by atoms with Gasteiger partial charge in [-0.25, -0.2) is 8.42 Å². The quantitative estimate of drug-likeness (QED) is 0.762. The molecule has 1 atom stereocenters. The maximum atomic E-state index is 12.0. The van der Waals surface area contributed by atoms with Crippen molar-refractivity contribution in [2.24, 2.45) is 5.92 Å². The van der Waals surface area contributed by atoms with Crippen LogP contribution in [0.3, 0.4) is 0 Å². The molecule has 2 rings (SSSR count). The van der Waals surface area contributed by atoms with Crippen molar-refractivity contribution in [3.63, 3.8) is 0 Å². The maximum absolute atomic E-state index is 12.0. The second-order valence-corrected chi connectivity index (χ2v) is 8.33. The highest BCUT2D eigenvalue weighted by molar-refractivity contribution is 7.91. The predicted molar refractivity (Wildman–Crippen MR) is 88.7 cm³/mol. The van der Waals surface area contributed by atoms with Gasteiger partial charge < -0.3 is 4.74 Å². The molecule has 0 aromatic heterocycles. The van der Waals surface area contributed by atoms with Crippen molar-refractivity contribution in [3.05, 3.63) is 35.4 Å². The van der Waals surface area contributed by atoms with Gasteiger partial charge in [0.15, 0.2) is 9.84 Å². The Morgan fingerprint density at radius 2 is 1.88 bits per heavy atom. The third-order valence-corrected chi connectivity index (χ3v) is 5.47. The number of benzene rings is 1. The molecule has 1 saturated heterocycles. The van der Waals surface area contributed by atoms with Gasteiger partial charge >= 0.3 is 0 Å². The number of hydrazine groups is 1. The van der Waals surface area contributed by atoms with E-state index in [1.54, 1.807) is 24.3 Å². The van der Waals surface area contributed by atoms with Crippen molar-refractivity contribution < 1.29 is 22.7 Å². The highest BCUT2D eigenvalue weighted by Gasteiger charge is 2.33. The van der Waals surface area contributed by atoms with Gasteiger partial charge in [0.05, 0.1) is 30.1 Å². The van der Waals surface area contributed by atoms with Gasteiger partial charge in [-0.3, -0.25) is 20.4 Å². The van der Waals surface area contributed by atoms with Gasteiger partial charge in [0.2, 0.25) is 5.91 Å². The van der Waals surface area contributed by atoms with Crippen LogP contribution in [0.25, 0.3) is 0 Å². The monoisotopic (exact) mass is 354 g/mol. The SMILES string of the molecule is CC(C)OCc1ccc(C(=O)NNC(=O)[C@H]2CCS(=O)(=O)C2)cc1. The van der Waals surface area contributed by atoms with Crippen LogP contribution in [0.2, 0.25) is 0 Å². The Hall–Kier alpha value is -1.93. The van der Waals surface area contributed by atoms with Crippen LogP contribution in [0, 0.1) is 5.92 Å². The van der Waals surface area contributed by atoms with Crippen LogP contribution in [0.1, 0.15) is 36.2 Å². The van der Waals surface area contributed by atoms with E-state index in [4.69, 9.17) is 4.74 Å². The number of ether oxygens (including phenoxy) is 1. The summed E-state index contributed by atoms with van der Waals surface area (Å²) in [5.41, 5.74) is 5.93. The van der Waals surface area contributed by atoms with E-state index < -0.39 is 27.6 Å². The zero-order chi connectivity index (χ0) is 17.7. The molecule has 24 heavy (non-hydrogen) atoms. The molecule has 1 aliphatic heterocycles. The van der Waals surface area contributed by atoms with E-state index in [-0.39, 0.29) is 24.0 Å². The first kappa shape index (κ1) is 18.4. The Morgan fingerprint density at radius 3 is 2.42 bits per heavy atom. The number of hydrogen-bond acceptors (Lipinski definition) is 5. The first-order valence-corrected chi connectivity index (χ1v) is 9.60. The van der Waals surface area contributed by atoms with E-state index in [1.165, 1.54) is 0 Å². The second kappa shape index (κ2) is 7.76. The number of rotatable bonds is 5. The fraction of sp³-hybridized carbons (Fsp3) is 0.500. The van der Waals surface area contributed by atoms with Gasteiger partial charge in [-0.05, 0) is 38.0 Å². The maximum Gasteiger partial charge on any atom is 0.269 e. The molecular formula is C16H22N2O5S. The third-order valence-electron chi connectivity index (χ3n) is 3.70. The molecule has 1 fully saturated rings. The molecule has 0 bridgehead atoms. The molecule has 8 heteroatoms. The summed E-state index contributed by atoms with van der Waals surface area (Å²) in [6.45, 7) is 4.35. The van der Waals surface area contributed by atoms with E-state index >= 15 is 0 Å². The first-order valence-electron chi connectivity index (χ1n) is 7.78. The Labute approximate surface area is 141 Å². The summed E-state index contributed by atoms with van der Waals surface area (Å²) < 4.78 is 28.2. The average molecular weight is 354 g/mol. The number of carbonyl (C=O) groups is 2. The van der Waals surface area contributed by atoms with E-state index in [0.29, 0.717) is 12.2 Å². The van der Waals surface area contributed by atoms with Crippen LogP contribution >= 0.6 is 0 Å². The second-order valence-electron chi connectivity index (χ2n) is 6.10. The lowest BCUT2D eigenvalue weighted by Gasteiger charge is -2.11. The topological polar surface area (TPSA) is 102 Å². The molecule has 1 aliphatic rings. The molecule has 0 spiro atoms. The van der Waals surface area contributed by atoms with E-state index in [2.05, 4.69) is 10.9 Å². The minimum Gasteiger partial charge on any atom is -0.374 e. The van der Waals surface area contributed by atoms with Crippen LogP contribution in [-0.4, -0.2) is 37.8 Å². The molecule has 1 heterocycles. The normalized spacial score (nSPS) is 19.2. The zero-order valence-electron chi connectivity index (χ0n) is 13.7.